The summed E-state index contributed by atoms with van der Waals surface area (Å²) in [6.45, 7) is 4.58. The van der Waals surface area contributed by atoms with Crippen molar-refractivity contribution < 1.29 is 9.21 Å². The number of furan rings is 1. The summed E-state index contributed by atoms with van der Waals surface area (Å²) in [5.41, 5.74) is 4.36. The van der Waals surface area contributed by atoms with E-state index in [0.717, 1.165) is 27.6 Å². The van der Waals surface area contributed by atoms with Crippen LogP contribution >= 0.6 is 0 Å². The number of nitrogens with zero attached hydrogens (tertiary/aromatic N) is 1. The van der Waals surface area contributed by atoms with E-state index in [1.54, 1.807) is 17.0 Å². The van der Waals surface area contributed by atoms with Gasteiger partial charge in [-0.3, -0.25) is 9.59 Å². The topological polar surface area (TPSA) is 66.3 Å². The lowest BCUT2D eigenvalue weighted by atomic mass is 10.0. The van der Waals surface area contributed by atoms with Gasteiger partial charge in [0.1, 0.15) is 0 Å². The molecular formula is C24H22N2O3. The molecule has 0 aliphatic heterocycles. The molecule has 0 fully saturated rings. The number of hydrogen-bond acceptors (Lipinski definition) is 3. The number of carbonyl (C=O) groups excluding carboxylic acids is 1. The summed E-state index contributed by atoms with van der Waals surface area (Å²) in [5.74, 6) is 0.00283. The molecule has 5 heteroatoms. The van der Waals surface area contributed by atoms with Crippen LogP contribution in [0.25, 0.3) is 10.9 Å². The highest BCUT2D eigenvalue weighted by atomic mass is 16.3. The highest BCUT2D eigenvalue weighted by Crippen LogP contribution is 2.20. The van der Waals surface area contributed by atoms with Gasteiger partial charge in [-0.05, 0) is 54.1 Å². The summed E-state index contributed by atoms with van der Waals surface area (Å²) in [7, 11) is 0. The lowest BCUT2D eigenvalue weighted by Crippen LogP contribution is -2.32. The molecule has 146 valence electrons. The number of aromatic nitrogens is 1. The Bertz CT molecular complexity index is 1210. The molecule has 0 atom stereocenters. The van der Waals surface area contributed by atoms with Crippen LogP contribution in [0.4, 0.5) is 0 Å². The van der Waals surface area contributed by atoms with Crippen LogP contribution in [0.3, 0.4) is 0 Å². The monoisotopic (exact) mass is 386 g/mol. The Balaban J connectivity index is 1.72. The number of aromatic amines is 1. The van der Waals surface area contributed by atoms with Gasteiger partial charge in [-0.1, -0.05) is 42.5 Å². The second kappa shape index (κ2) is 7.80. The normalized spacial score (nSPS) is 11.0. The first-order valence-corrected chi connectivity index (χ1v) is 9.52. The fourth-order valence-corrected chi connectivity index (χ4v) is 3.45. The number of benzene rings is 2. The van der Waals surface area contributed by atoms with Crippen molar-refractivity contribution in [1.29, 1.82) is 0 Å². The summed E-state index contributed by atoms with van der Waals surface area (Å²) >= 11 is 0. The fraction of sp³-hybridized carbons (Fsp3) is 0.167. The Morgan fingerprint density at radius 1 is 1.00 bits per heavy atom. The van der Waals surface area contributed by atoms with E-state index in [2.05, 4.69) is 4.98 Å². The molecule has 0 radical (unpaired) electrons. The van der Waals surface area contributed by atoms with Gasteiger partial charge >= 0.3 is 0 Å². The van der Waals surface area contributed by atoms with Crippen molar-refractivity contribution in [2.75, 3.05) is 0 Å². The molecule has 0 aliphatic rings. The largest absolute Gasteiger partial charge is 0.459 e. The number of hydrogen-bond donors (Lipinski definition) is 1. The number of rotatable bonds is 5. The molecule has 29 heavy (non-hydrogen) atoms. The van der Waals surface area contributed by atoms with Crippen LogP contribution in [0.1, 0.15) is 32.8 Å². The third-order valence-corrected chi connectivity index (χ3v) is 5.22. The van der Waals surface area contributed by atoms with Gasteiger partial charge in [-0.15, -0.1) is 0 Å². The molecule has 4 aromatic rings. The van der Waals surface area contributed by atoms with Gasteiger partial charge in [-0.25, -0.2) is 0 Å². The molecule has 0 aliphatic carbocycles. The smallest absolute Gasteiger partial charge is 0.290 e. The maximum absolute atomic E-state index is 13.0. The molecule has 1 N–H and O–H groups in total. The minimum absolute atomic E-state index is 0.184. The summed E-state index contributed by atoms with van der Waals surface area (Å²) in [5, 5.41) is 0.952. The number of amides is 1. The van der Waals surface area contributed by atoms with Gasteiger partial charge in [0.25, 0.3) is 11.5 Å². The first-order chi connectivity index (χ1) is 14.0. The van der Waals surface area contributed by atoms with Crippen LogP contribution in [-0.4, -0.2) is 15.8 Å². The van der Waals surface area contributed by atoms with Gasteiger partial charge in [0, 0.05) is 12.1 Å². The highest BCUT2D eigenvalue weighted by Gasteiger charge is 2.20. The average Bonchev–Trinajstić information content (AvgIpc) is 3.26. The summed E-state index contributed by atoms with van der Waals surface area (Å²) in [4.78, 5) is 30.4. The van der Waals surface area contributed by atoms with Crippen molar-refractivity contribution in [1.82, 2.24) is 9.88 Å². The van der Waals surface area contributed by atoms with Gasteiger partial charge in [-0.2, -0.15) is 0 Å². The number of carbonyl (C=O) groups is 1. The molecule has 1 amide bonds. The Kier molecular flexibility index (Phi) is 5.04. The van der Waals surface area contributed by atoms with Crippen LogP contribution in [-0.2, 0) is 13.1 Å². The van der Waals surface area contributed by atoms with E-state index in [9.17, 15) is 9.59 Å². The van der Waals surface area contributed by atoms with Crippen molar-refractivity contribution in [3.8, 4) is 0 Å². The summed E-state index contributed by atoms with van der Waals surface area (Å²) in [6.07, 6.45) is 1.47. The van der Waals surface area contributed by atoms with Crippen LogP contribution in [0.5, 0.6) is 0 Å². The molecular weight excluding hydrogens is 364 g/mol. The van der Waals surface area contributed by atoms with Crippen LogP contribution in [0, 0.1) is 13.8 Å². The van der Waals surface area contributed by atoms with Crippen molar-refractivity contribution in [3.63, 3.8) is 0 Å². The maximum Gasteiger partial charge on any atom is 0.290 e. The zero-order chi connectivity index (χ0) is 20.4. The lowest BCUT2D eigenvalue weighted by Gasteiger charge is -2.22. The third kappa shape index (κ3) is 3.85. The van der Waals surface area contributed by atoms with Gasteiger partial charge in [0.05, 0.1) is 18.3 Å². The SMILES string of the molecule is Cc1ccc2cc(CN(Cc3ccccc3)C(=O)c3ccco3)c(=O)[nH]c2c1C. The molecule has 0 saturated carbocycles. The maximum atomic E-state index is 13.0. The van der Waals surface area contributed by atoms with Crippen LogP contribution < -0.4 is 5.56 Å². The fourth-order valence-electron chi connectivity index (χ4n) is 3.45. The third-order valence-electron chi connectivity index (χ3n) is 5.22. The standard InChI is InChI=1S/C24H22N2O3/c1-16-10-11-19-13-20(23(27)25-22(19)17(16)2)15-26(14-18-7-4-3-5-8-18)24(28)21-9-6-12-29-21/h3-13H,14-15H2,1-2H3,(H,25,27). The van der Waals surface area contributed by atoms with E-state index in [4.69, 9.17) is 4.42 Å². The Labute approximate surface area is 168 Å². The molecule has 2 aromatic heterocycles. The molecule has 0 saturated heterocycles. The van der Waals surface area contributed by atoms with Gasteiger partial charge in [0.15, 0.2) is 5.76 Å². The minimum atomic E-state index is -0.251. The van der Waals surface area contributed by atoms with Gasteiger partial charge < -0.3 is 14.3 Å². The zero-order valence-electron chi connectivity index (χ0n) is 16.4. The highest BCUT2D eigenvalue weighted by molar-refractivity contribution is 5.91. The van der Waals surface area contributed by atoms with E-state index < -0.39 is 0 Å². The van der Waals surface area contributed by atoms with E-state index in [-0.39, 0.29) is 23.8 Å². The van der Waals surface area contributed by atoms with Crippen molar-refractivity contribution in [2.45, 2.75) is 26.9 Å². The van der Waals surface area contributed by atoms with E-state index in [1.165, 1.54) is 6.26 Å². The molecule has 2 aromatic carbocycles. The number of H-pyrrole nitrogens is 1. The Morgan fingerprint density at radius 2 is 1.79 bits per heavy atom. The predicted octanol–water partition coefficient (Wildman–Crippen LogP) is 4.58. The van der Waals surface area contributed by atoms with E-state index in [0.29, 0.717) is 12.1 Å². The quantitative estimate of drug-likeness (QED) is 0.546. The summed E-state index contributed by atoms with van der Waals surface area (Å²) in [6, 6.07) is 18.9. The molecule has 0 unspecified atom stereocenters. The molecule has 2 heterocycles. The van der Waals surface area contributed by atoms with Crippen molar-refractivity contribution >= 4 is 16.8 Å². The number of pyridine rings is 1. The van der Waals surface area contributed by atoms with Crippen LogP contribution in [0.15, 0.2) is 76.1 Å². The molecule has 0 spiro atoms. The van der Waals surface area contributed by atoms with Crippen LogP contribution in [0.2, 0.25) is 0 Å². The Hall–Kier alpha value is -3.60. The van der Waals surface area contributed by atoms with E-state index >= 15 is 0 Å². The second-order valence-electron chi connectivity index (χ2n) is 7.22. The minimum Gasteiger partial charge on any atom is -0.459 e. The first-order valence-electron chi connectivity index (χ1n) is 9.52. The number of nitrogens with one attached hydrogen (secondary N) is 1. The zero-order valence-corrected chi connectivity index (χ0v) is 16.4. The number of fused-ring (bicyclic) bond motifs is 1. The Morgan fingerprint density at radius 3 is 2.52 bits per heavy atom. The lowest BCUT2D eigenvalue weighted by molar-refractivity contribution is 0.0697. The predicted molar refractivity (Wildman–Crippen MR) is 113 cm³/mol. The number of aryl methyl sites for hydroxylation is 2. The molecule has 0 bridgehead atoms. The molecule has 5 nitrogen and oxygen atoms in total. The second-order valence-corrected chi connectivity index (χ2v) is 7.22. The van der Waals surface area contributed by atoms with Gasteiger partial charge in [0.2, 0.25) is 0 Å². The van der Waals surface area contributed by atoms with Crippen molar-refractivity contribution in [3.05, 3.63) is 105 Å². The van der Waals surface area contributed by atoms with E-state index in [1.807, 2.05) is 62.4 Å². The average molecular weight is 386 g/mol. The first kappa shape index (κ1) is 18.7. The van der Waals surface area contributed by atoms with Crippen molar-refractivity contribution in [2.24, 2.45) is 0 Å². The summed E-state index contributed by atoms with van der Waals surface area (Å²) < 4.78 is 5.30. The molecule has 4 rings (SSSR count).